The van der Waals surface area contributed by atoms with Gasteiger partial charge in [-0.15, -0.1) is 0 Å². The molecule has 0 aliphatic carbocycles. The van der Waals surface area contributed by atoms with E-state index in [-0.39, 0.29) is 17.1 Å². The molecule has 3 rings (SSSR count). The van der Waals surface area contributed by atoms with E-state index in [1.54, 1.807) is 6.07 Å². The minimum absolute atomic E-state index is 0.0233. The van der Waals surface area contributed by atoms with Crippen LogP contribution in [0.1, 0.15) is 44.2 Å². The number of rotatable bonds is 2. The molecule has 5 heteroatoms. The van der Waals surface area contributed by atoms with Crippen molar-refractivity contribution in [1.82, 2.24) is 0 Å². The van der Waals surface area contributed by atoms with E-state index in [2.05, 4.69) is 30.7 Å². The van der Waals surface area contributed by atoms with Crippen LogP contribution in [0.25, 0.3) is 0 Å². The maximum atomic E-state index is 14.5. The molecular weight excluding hydrogens is 325 g/mol. The molecule has 2 nitrogen and oxygen atoms in total. The zero-order chi connectivity index (χ0) is 18.4. The average molecular weight is 346 g/mol. The number of halogens is 3. The van der Waals surface area contributed by atoms with Crippen LogP contribution < -0.4 is 4.90 Å². The van der Waals surface area contributed by atoms with Crippen molar-refractivity contribution in [3.8, 4) is 0 Å². The molecule has 2 aromatic carbocycles. The Morgan fingerprint density at radius 2 is 1.84 bits per heavy atom. The normalized spacial score (nSPS) is 19.3. The van der Waals surface area contributed by atoms with Crippen molar-refractivity contribution in [3.05, 3.63) is 58.9 Å². The summed E-state index contributed by atoms with van der Waals surface area (Å²) in [6.07, 6.45) is 2.24. The Hall–Kier alpha value is -2.30. The smallest absolute Gasteiger partial charge is 0.151 e. The first-order valence-electron chi connectivity index (χ1n) is 8.25. The van der Waals surface area contributed by atoms with Gasteiger partial charge in [-0.2, -0.15) is 0 Å². The summed E-state index contributed by atoms with van der Waals surface area (Å²) in [5.74, 6) is -1.58. The molecule has 1 aliphatic rings. The summed E-state index contributed by atoms with van der Waals surface area (Å²) >= 11 is 0. The Kier molecular flexibility index (Phi) is 4.35. The molecule has 1 atom stereocenters. The van der Waals surface area contributed by atoms with Crippen LogP contribution in [0.4, 0.5) is 24.5 Å². The molecule has 25 heavy (non-hydrogen) atoms. The van der Waals surface area contributed by atoms with Gasteiger partial charge in [-0.25, -0.2) is 13.2 Å². The van der Waals surface area contributed by atoms with Crippen LogP contribution in [0.5, 0.6) is 0 Å². The first-order valence-corrected chi connectivity index (χ1v) is 8.25. The van der Waals surface area contributed by atoms with E-state index in [0.29, 0.717) is 5.56 Å². The van der Waals surface area contributed by atoms with Gasteiger partial charge in [0.25, 0.3) is 0 Å². The molecule has 1 aliphatic heterocycles. The maximum Gasteiger partial charge on any atom is 0.151 e. The lowest BCUT2D eigenvalue weighted by Crippen LogP contribution is -2.45. The van der Waals surface area contributed by atoms with Crippen LogP contribution in [-0.2, 0) is 0 Å². The second kappa shape index (κ2) is 6.21. The Morgan fingerprint density at radius 3 is 2.52 bits per heavy atom. The third-order valence-electron chi connectivity index (χ3n) is 5.00. The predicted molar refractivity (Wildman–Crippen MR) is 95.5 cm³/mol. The third kappa shape index (κ3) is 3.28. The van der Waals surface area contributed by atoms with Crippen molar-refractivity contribution in [2.75, 3.05) is 11.9 Å². The number of benzene rings is 2. The highest BCUT2D eigenvalue weighted by molar-refractivity contribution is 5.84. The fourth-order valence-electron chi connectivity index (χ4n) is 3.43. The highest BCUT2D eigenvalue weighted by Gasteiger charge is 2.34. The second-order valence-electron chi connectivity index (χ2n) is 7.26. The molecule has 132 valence electrons. The van der Waals surface area contributed by atoms with Crippen molar-refractivity contribution in [2.45, 2.75) is 38.6 Å². The van der Waals surface area contributed by atoms with Crippen molar-refractivity contribution in [1.29, 1.82) is 0 Å². The third-order valence-corrected chi connectivity index (χ3v) is 5.00. The van der Waals surface area contributed by atoms with Gasteiger partial charge in [0.1, 0.15) is 11.6 Å². The molecule has 1 unspecified atom stereocenters. The lowest BCUT2D eigenvalue weighted by Gasteiger charge is -2.45. The number of hydrogen-bond acceptors (Lipinski definition) is 2. The Labute approximate surface area is 146 Å². The topological polar surface area (TPSA) is 15.6 Å². The second-order valence-corrected chi connectivity index (χ2v) is 7.26. The Balaban J connectivity index is 1.99. The molecule has 0 bridgehead atoms. The lowest BCUT2D eigenvalue weighted by atomic mass is 9.80. The van der Waals surface area contributed by atoms with Gasteiger partial charge in [0, 0.05) is 36.1 Å². The number of nitrogens with zero attached hydrogens (tertiary/aromatic N) is 2. The molecule has 0 aromatic heterocycles. The van der Waals surface area contributed by atoms with Gasteiger partial charge in [-0.05, 0) is 56.0 Å². The highest BCUT2D eigenvalue weighted by atomic mass is 19.1. The minimum atomic E-state index is -0.774. The van der Waals surface area contributed by atoms with Crippen molar-refractivity contribution in [3.63, 3.8) is 0 Å². The SMILES string of the molecule is CC1CC(C)(C)N(C)c2cc(F)c(C=Nc3ccc(F)cc3F)cc21. The van der Waals surface area contributed by atoms with E-state index >= 15 is 0 Å². The molecule has 1 heterocycles. The first kappa shape index (κ1) is 17.5. The monoisotopic (exact) mass is 346 g/mol. The number of aliphatic imine (C=N–C) groups is 1. The zero-order valence-electron chi connectivity index (χ0n) is 14.8. The van der Waals surface area contributed by atoms with Crippen LogP contribution in [0, 0.1) is 17.5 Å². The van der Waals surface area contributed by atoms with Gasteiger partial charge >= 0.3 is 0 Å². The van der Waals surface area contributed by atoms with E-state index in [0.717, 1.165) is 29.8 Å². The van der Waals surface area contributed by atoms with Gasteiger partial charge < -0.3 is 4.90 Å². The van der Waals surface area contributed by atoms with E-state index in [1.165, 1.54) is 18.3 Å². The molecule has 0 N–H and O–H groups in total. The van der Waals surface area contributed by atoms with Crippen molar-refractivity contribution < 1.29 is 13.2 Å². The molecule has 0 spiro atoms. The molecule has 0 fully saturated rings. The van der Waals surface area contributed by atoms with Crippen LogP contribution in [-0.4, -0.2) is 18.8 Å². The minimum Gasteiger partial charge on any atom is -0.369 e. The number of anilines is 1. The molecule has 0 amide bonds. The first-order chi connectivity index (χ1) is 11.7. The summed E-state index contributed by atoms with van der Waals surface area (Å²) in [6, 6.07) is 6.39. The van der Waals surface area contributed by atoms with Gasteiger partial charge in [0.15, 0.2) is 5.82 Å². The van der Waals surface area contributed by atoms with E-state index in [9.17, 15) is 13.2 Å². The summed E-state index contributed by atoms with van der Waals surface area (Å²) < 4.78 is 41.1. The summed E-state index contributed by atoms with van der Waals surface area (Å²) in [7, 11) is 1.96. The summed E-state index contributed by atoms with van der Waals surface area (Å²) in [4.78, 5) is 6.07. The van der Waals surface area contributed by atoms with E-state index in [1.807, 2.05) is 7.05 Å². The van der Waals surface area contributed by atoms with Crippen molar-refractivity contribution >= 4 is 17.6 Å². The average Bonchev–Trinajstić information content (AvgIpc) is 2.52. The fraction of sp³-hybridized carbons (Fsp3) is 0.350. The molecule has 0 saturated carbocycles. The van der Waals surface area contributed by atoms with Gasteiger partial charge in [0.2, 0.25) is 0 Å². The Morgan fingerprint density at radius 1 is 1.12 bits per heavy atom. The molecular formula is C20H21F3N2. The maximum absolute atomic E-state index is 14.5. The summed E-state index contributed by atoms with van der Waals surface area (Å²) in [5, 5.41) is 0. The van der Waals surface area contributed by atoms with Gasteiger partial charge in [-0.3, -0.25) is 4.99 Å². The lowest BCUT2D eigenvalue weighted by molar-refractivity contribution is 0.394. The van der Waals surface area contributed by atoms with Crippen molar-refractivity contribution in [2.24, 2.45) is 4.99 Å². The quantitative estimate of drug-likeness (QED) is 0.649. The molecule has 0 radical (unpaired) electrons. The standard InChI is InChI=1S/C20H21F3N2/c1-12-10-20(2,3)25(4)19-9-16(22)13(7-15(12)19)11-24-18-6-5-14(21)8-17(18)23/h5-9,11-12H,10H2,1-4H3. The van der Waals surface area contributed by atoms with Crippen LogP contribution >= 0.6 is 0 Å². The van der Waals surface area contributed by atoms with Gasteiger partial charge in [-0.1, -0.05) is 6.92 Å². The van der Waals surface area contributed by atoms with Gasteiger partial charge in [0.05, 0.1) is 5.69 Å². The number of fused-ring (bicyclic) bond motifs is 1. The van der Waals surface area contributed by atoms with Crippen LogP contribution in [0.3, 0.4) is 0 Å². The largest absolute Gasteiger partial charge is 0.369 e. The zero-order valence-corrected chi connectivity index (χ0v) is 14.8. The Bertz CT molecular complexity index is 843. The van der Waals surface area contributed by atoms with Crippen LogP contribution in [0.2, 0.25) is 0 Å². The number of hydrogen-bond donors (Lipinski definition) is 0. The molecule has 0 saturated heterocycles. The predicted octanol–water partition coefficient (Wildman–Crippen LogP) is 5.58. The summed E-state index contributed by atoms with van der Waals surface area (Å²) in [5.41, 5.74) is 2.13. The molecule has 2 aromatic rings. The van der Waals surface area contributed by atoms with Crippen LogP contribution in [0.15, 0.2) is 35.3 Å². The van der Waals surface area contributed by atoms with E-state index in [4.69, 9.17) is 0 Å². The summed E-state index contributed by atoms with van der Waals surface area (Å²) in [6.45, 7) is 6.39. The highest BCUT2D eigenvalue weighted by Crippen LogP contribution is 2.43. The fourth-order valence-corrected chi connectivity index (χ4v) is 3.43. The van der Waals surface area contributed by atoms with E-state index < -0.39 is 17.5 Å².